The lowest BCUT2D eigenvalue weighted by molar-refractivity contribution is 0.101. The molecule has 9 fully saturated rings. The summed E-state index contributed by atoms with van der Waals surface area (Å²) in [6.07, 6.45) is 13.2. The largest absolute Gasteiger partial charge is 0.447 e. The number of nitrogens with zero attached hydrogens (tertiary/aromatic N) is 31. The molecule has 756 valence electrons. The lowest BCUT2D eigenvalue weighted by Gasteiger charge is -2.33. The van der Waals surface area contributed by atoms with Gasteiger partial charge in [0.1, 0.15) is 73.8 Å². The Hall–Kier alpha value is -13.1. The average Bonchev–Trinajstić information content (AvgIpc) is 1.71. The number of carbonyl (C=O) groups excluding carboxylic acids is 4. The van der Waals surface area contributed by atoms with Crippen molar-refractivity contribution in [2.45, 2.75) is 105 Å². The second-order valence-electron chi connectivity index (χ2n) is 36.8. The van der Waals surface area contributed by atoms with E-state index in [-0.39, 0.29) is 76.7 Å². The number of ether oxygens (including phenoxy) is 3. The van der Waals surface area contributed by atoms with Crippen LogP contribution in [0.25, 0.3) is 0 Å². The monoisotopic (exact) mass is 1960 g/mol. The first-order valence-corrected chi connectivity index (χ1v) is 48.3. The minimum Gasteiger partial charge on any atom is -0.447 e. The number of nitriles is 2. The Morgan fingerprint density at radius 2 is 0.702 bits per heavy atom. The molecule has 3 amide bonds. The van der Waals surface area contributed by atoms with Gasteiger partial charge in [-0.05, 0) is 165 Å². The molecule has 0 bridgehead atoms. The molecule has 18 rings (SSSR count). The zero-order valence-corrected chi connectivity index (χ0v) is 84.7. The fourth-order valence-electron chi connectivity index (χ4n) is 15.8. The van der Waals surface area contributed by atoms with Crippen LogP contribution in [0.3, 0.4) is 0 Å². The van der Waals surface area contributed by atoms with Gasteiger partial charge in [0, 0.05) is 170 Å². The van der Waals surface area contributed by atoms with Crippen LogP contribution in [0.2, 0.25) is 5.28 Å². The number of nitrogens with one attached hydrogen (secondary N) is 3. The van der Waals surface area contributed by atoms with E-state index in [0.717, 1.165) is 190 Å². The van der Waals surface area contributed by atoms with Crippen molar-refractivity contribution >= 4 is 93.8 Å². The number of carbonyl (C=O) groups is 4. The van der Waals surface area contributed by atoms with Crippen LogP contribution < -0.4 is 60.9 Å². The summed E-state index contributed by atoms with van der Waals surface area (Å²) >= 11 is 5.66. The van der Waals surface area contributed by atoms with Gasteiger partial charge >= 0.3 is 18.3 Å². The van der Waals surface area contributed by atoms with Crippen LogP contribution in [-0.4, -0.2) is 366 Å². The van der Waals surface area contributed by atoms with Crippen LogP contribution in [0.1, 0.15) is 126 Å². The van der Waals surface area contributed by atoms with E-state index >= 15 is 0 Å². The molecule has 0 saturated carbocycles. The Bertz CT molecular complexity index is 5280. The van der Waals surface area contributed by atoms with Gasteiger partial charge in [0.25, 0.3) is 0 Å². The van der Waals surface area contributed by atoms with Crippen LogP contribution in [-0.2, 0) is 14.2 Å². The molecule has 141 heavy (non-hydrogen) atoms. The maximum absolute atomic E-state index is 12.2. The normalized spacial score (nSPS) is 19.3. The van der Waals surface area contributed by atoms with Crippen LogP contribution >= 0.6 is 11.6 Å². The summed E-state index contributed by atoms with van der Waals surface area (Å²) in [6.45, 7) is 46.5. The molecule has 6 atom stereocenters. The molecule has 0 aromatic carbocycles. The molecule has 42 nitrogen and oxygen atoms in total. The van der Waals surface area contributed by atoms with Crippen molar-refractivity contribution in [3.05, 3.63) is 174 Å². The van der Waals surface area contributed by atoms with E-state index in [9.17, 15) is 23.6 Å². The van der Waals surface area contributed by atoms with Crippen LogP contribution in [0.15, 0.2) is 129 Å². The van der Waals surface area contributed by atoms with Crippen molar-refractivity contribution in [3.8, 4) is 12.1 Å². The van der Waals surface area contributed by atoms with E-state index in [1.165, 1.54) is 71.5 Å². The molecule has 9 aliphatic heterocycles. The molecule has 1 unspecified atom stereocenters. The number of anilines is 10. The molecule has 18 heterocycles. The quantitative estimate of drug-likeness (QED) is 0.0433. The summed E-state index contributed by atoms with van der Waals surface area (Å²) in [6, 6.07) is 25.8. The maximum Gasteiger partial charge on any atom is 0.417 e. The minimum absolute atomic E-state index is 0.0153. The van der Waals surface area contributed by atoms with Crippen LogP contribution in [0.5, 0.6) is 0 Å². The summed E-state index contributed by atoms with van der Waals surface area (Å²) in [5, 5.41) is 26.7. The second kappa shape index (κ2) is 54.0. The number of hydrogen-bond acceptors (Lipinski definition) is 39. The topological polar surface area (TPSA) is 444 Å². The number of amides is 3. The Kier molecular flexibility index (Phi) is 41.5. The molecule has 9 aromatic heterocycles. The third-order valence-corrected chi connectivity index (χ3v) is 25.4. The van der Waals surface area contributed by atoms with E-state index in [1.54, 1.807) is 30.6 Å². The molecule has 44 heteroatoms. The Morgan fingerprint density at radius 3 is 0.972 bits per heavy atom. The van der Waals surface area contributed by atoms with Crippen LogP contribution in [0.4, 0.5) is 77.0 Å². The summed E-state index contributed by atoms with van der Waals surface area (Å²) in [7, 11) is 12.9. The van der Waals surface area contributed by atoms with Gasteiger partial charge in [0.05, 0.1) is 113 Å². The molecule has 9 aromatic rings. The maximum atomic E-state index is 12.2. The van der Waals surface area contributed by atoms with E-state index in [4.69, 9.17) is 42.1 Å². The van der Waals surface area contributed by atoms with Crippen molar-refractivity contribution in [2.24, 2.45) is 23.5 Å². The summed E-state index contributed by atoms with van der Waals surface area (Å²) in [5.41, 5.74) is 15.5. The molecule has 5 N–H and O–H groups in total. The molecular formula is C97H137ClFN35O7. The van der Waals surface area contributed by atoms with Gasteiger partial charge in [-0.2, -0.15) is 25.5 Å². The third-order valence-electron chi connectivity index (χ3n) is 25.2. The molecule has 9 saturated heterocycles. The SMILES string of the molecule is CC(=O)c1ccc(N2CCN(C)CC2)cn1.CC(C)[C@H]1COC(=O)N1c1ncnc(Cl)n1.CC(C)[C@H]1COC(=O)N1c1ncnc(N[C@@H](C)c2ccc(N3CCN(C)CC3)cn2)n1.CC(C)[C@H]1COC(=O)N1c1ncnc(N[C@H](C)c2ccc(N3CCN(C)CC3)cn2)n1.CC(N)c1ccc(N2CCN(C)CC2)cn1.CN1CCN(c2ccc(C#N)nc2)CC1.CN1CCNCC1.N#Cc1ccc(F)cn1. The number of ketones is 1. The highest BCUT2D eigenvalue weighted by molar-refractivity contribution is 6.28. The number of pyridine rings is 6. The predicted octanol–water partition coefficient (Wildman–Crippen LogP) is 9.06. The van der Waals surface area contributed by atoms with Gasteiger partial charge in [-0.1, -0.05) is 41.5 Å². The van der Waals surface area contributed by atoms with Crippen molar-refractivity contribution in [1.29, 1.82) is 10.5 Å². The first kappa shape index (κ1) is 108. The van der Waals surface area contributed by atoms with Crippen LogP contribution in [0, 0.1) is 46.2 Å². The number of likely N-dealkylation sites (N-methyl/N-ethyl adjacent to an activating group) is 6. The molecular weight excluding hydrogens is 1820 g/mol. The van der Waals surface area contributed by atoms with E-state index in [0.29, 0.717) is 55.0 Å². The van der Waals surface area contributed by atoms with Gasteiger partial charge < -0.3 is 89.8 Å². The van der Waals surface area contributed by atoms with Crippen molar-refractivity contribution < 1.29 is 37.8 Å². The average molecular weight is 1960 g/mol. The highest BCUT2D eigenvalue weighted by Gasteiger charge is 2.41. The first-order valence-electron chi connectivity index (χ1n) is 48.0. The van der Waals surface area contributed by atoms with Gasteiger partial charge in [0.2, 0.25) is 35.0 Å². The number of aromatic nitrogens is 15. The number of nitrogens with two attached hydrogens (primary N) is 1. The van der Waals surface area contributed by atoms with E-state index < -0.39 is 24.1 Å². The Labute approximate surface area is 831 Å². The molecule has 0 aliphatic carbocycles. The second-order valence-corrected chi connectivity index (χ2v) is 37.2. The van der Waals surface area contributed by atoms with Crippen molar-refractivity contribution in [3.63, 3.8) is 0 Å². The zero-order valence-electron chi connectivity index (χ0n) is 84.0. The Morgan fingerprint density at radius 1 is 0.397 bits per heavy atom. The van der Waals surface area contributed by atoms with E-state index in [1.807, 2.05) is 117 Å². The van der Waals surface area contributed by atoms with Gasteiger partial charge in [-0.3, -0.25) is 24.7 Å². The molecule has 9 aliphatic rings. The predicted molar refractivity (Wildman–Crippen MR) is 542 cm³/mol. The molecule has 0 spiro atoms. The summed E-state index contributed by atoms with van der Waals surface area (Å²) in [5.74, 6) is 1.91. The number of Topliss-reactive ketones (excluding diaryl/α,β-unsaturated/α-hetero) is 1. The number of rotatable bonds is 19. The number of halogens is 2. The lowest BCUT2D eigenvalue weighted by atomic mass is 10.1. The summed E-state index contributed by atoms with van der Waals surface area (Å²) < 4.78 is 27.4. The standard InChI is InChI=1S/2C21H30N8O2.C12H20N4.C12H17N3O.C11H14N4.C9H11ClN4O2.C6H3FN2.C5H12N2/c2*1-14(2)18-12-31-21(30)29(18)20-24-13-23-19(26-20)25-15(3)17-6-5-16(11-22-17)28-9-7-27(4)8-10-28;1-10(13)12-4-3-11(9-14-12)16-7-5-15(2)6-8-16;1-10(16)12-4-3-11(9-13-12)15-7-5-14(2)6-8-15;1-14-4-6-15(7-5-14)11-3-2-10(8-12)13-9-11;1-5(2)6-3-16-9(15)14(6)8-12-4-11-7(10)13-8;7-5-1-2-6(3-8)9-4-5;1-7-4-2-6-3-5-7/h2*5-6,11,13-15,18H,7-10,12H2,1-4H3,(H,23,24,25,26);3-4,9-10H,5-8,13H2,1-2H3;3-4,9H,5-8H2,1-2H3;2-3,9H,4-7H2,1H3;4-6H,3H2,1-2H3;1-2,4H;6H,2-5H2,1H3/t15-,18+;15-,18-;;;;6-;;/m01...1../s1. The number of piperazine rings is 6. The number of cyclic esters (lactones) is 3. The fraction of sp³-hybridized carbons (Fsp3) is 0.536. The number of hydrogen-bond donors (Lipinski definition) is 4. The highest BCUT2D eigenvalue weighted by atomic mass is 35.5. The van der Waals surface area contributed by atoms with Crippen molar-refractivity contribution in [2.75, 3.05) is 269 Å². The fourth-order valence-corrected chi connectivity index (χ4v) is 16.0. The Balaban J connectivity index is 0.000000160. The smallest absolute Gasteiger partial charge is 0.417 e. The third kappa shape index (κ3) is 32.7. The van der Waals surface area contributed by atoms with Gasteiger partial charge in [-0.15, -0.1) is 0 Å². The van der Waals surface area contributed by atoms with Gasteiger partial charge in [0.15, 0.2) is 5.78 Å². The highest BCUT2D eigenvalue weighted by Crippen LogP contribution is 2.31. The van der Waals surface area contributed by atoms with Gasteiger partial charge in [-0.25, -0.2) is 73.3 Å². The zero-order chi connectivity index (χ0) is 101. The minimum atomic E-state index is -0.444. The first-order chi connectivity index (χ1) is 67.8. The van der Waals surface area contributed by atoms with Crippen molar-refractivity contribution in [1.82, 2.24) is 109 Å². The van der Waals surface area contributed by atoms with E-state index in [2.05, 4.69) is 205 Å². The summed E-state index contributed by atoms with van der Waals surface area (Å²) in [4.78, 5) is 140. The molecule has 0 radical (unpaired) electrons. The lowest BCUT2D eigenvalue weighted by Crippen LogP contribution is -2.44.